The van der Waals surface area contributed by atoms with Gasteiger partial charge in [0.15, 0.2) is 0 Å². The molecule has 0 aromatic heterocycles. The fourth-order valence-electron chi connectivity index (χ4n) is 6.27. The molecule has 8 aromatic rings. The molecule has 166 valence electrons. The molecule has 0 saturated carbocycles. The summed E-state index contributed by atoms with van der Waals surface area (Å²) >= 11 is 0. The Balaban J connectivity index is 1.72. The maximum Gasteiger partial charge on any atom is -0.00137 e. The summed E-state index contributed by atoms with van der Waals surface area (Å²) < 4.78 is 0. The molecule has 0 heteroatoms. The Hall–Kier alpha value is -4.68. The first kappa shape index (κ1) is 19.6. The third-order valence-electron chi connectivity index (χ3n) is 7.79. The Kier molecular flexibility index (Phi) is 4.03. The minimum atomic E-state index is 1.28. The maximum atomic E-state index is 2.41. The van der Waals surface area contributed by atoms with E-state index in [0.29, 0.717) is 0 Å². The summed E-state index contributed by atoms with van der Waals surface area (Å²) in [6, 6.07) is 49.1. The van der Waals surface area contributed by atoms with Crippen molar-refractivity contribution >= 4 is 64.6 Å². The number of hydrogen-bond donors (Lipinski definition) is 0. The maximum absolute atomic E-state index is 2.41. The molecule has 0 nitrogen and oxygen atoms in total. The molecule has 36 heavy (non-hydrogen) atoms. The van der Waals surface area contributed by atoms with Gasteiger partial charge in [0.2, 0.25) is 0 Å². The van der Waals surface area contributed by atoms with Crippen LogP contribution in [0, 0.1) is 0 Å². The average Bonchev–Trinajstić information content (AvgIpc) is 2.96. The third-order valence-corrected chi connectivity index (χ3v) is 7.79. The molecule has 0 amide bonds. The average molecular weight is 455 g/mol. The molecule has 0 spiro atoms. The molecule has 0 saturated heterocycles. The van der Waals surface area contributed by atoms with Gasteiger partial charge in [-0.05, 0) is 87.9 Å². The highest BCUT2D eigenvalue weighted by molar-refractivity contribution is 6.33. The molecule has 0 unspecified atom stereocenters. The first-order valence-corrected chi connectivity index (χ1v) is 12.5. The van der Waals surface area contributed by atoms with Gasteiger partial charge < -0.3 is 0 Å². The minimum absolute atomic E-state index is 1.28. The lowest BCUT2D eigenvalue weighted by Gasteiger charge is -2.19. The Morgan fingerprint density at radius 1 is 0.278 bits per heavy atom. The monoisotopic (exact) mass is 454 g/mol. The van der Waals surface area contributed by atoms with Gasteiger partial charge in [0, 0.05) is 0 Å². The highest BCUT2D eigenvalue weighted by atomic mass is 14.2. The van der Waals surface area contributed by atoms with Crippen LogP contribution in [0.25, 0.3) is 75.8 Å². The standard InChI is InChI=1S/C36H22/c1-3-13-25-23(11-1)21-33(30-18-7-5-15-27(25)30)35-26-14-4-2-12-24(26)22-34-31-19-8-6-16-28(31)29-17-9-10-20-32(29)36(34)35/h1-22H. The molecule has 8 rings (SSSR count). The topological polar surface area (TPSA) is 0 Å². The van der Waals surface area contributed by atoms with Crippen LogP contribution in [0.5, 0.6) is 0 Å². The van der Waals surface area contributed by atoms with E-state index in [1.165, 1.54) is 75.8 Å². The van der Waals surface area contributed by atoms with Gasteiger partial charge in [0.25, 0.3) is 0 Å². The highest BCUT2D eigenvalue weighted by Crippen LogP contribution is 2.46. The van der Waals surface area contributed by atoms with Crippen LogP contribution in [0.2, 0.25) is 0 Å². The highest BCUT2D eigenvalue weighted by Gasteiger charge is 2.18. The lowest BCUT2D eigenvalue weighted by atomic mass is 9.84. The Morgan fingerprint density at radius 2 is 0.694 bits per heavy atom. The van der Waals surface area contributed by atoms with Crippen LogP contribution in [-0.2, 0) is 0 Å². The van der Waals surface area contributed by atoms with Crippen LogP contribution in [0.4, 0.5) is 0 Å². The predicted octanol–water partition coefficient (Wildman–Crippen LogP) is 10.3. The van der Waals surface area contributed by atoms with E-state index in [1.54, 1.807) is 0 Å². The Labute approximate surface area is 209 Å². The van der Waals surface area contributed by atoms with Crippen molar-refractivity contribution in [1.29, 1.82) is 0 Å². The van der Waals surface area contributed by atoms with E-state index in [9.17, 15) is 0 Å². The lowest BCUT2D eigenvalue weighted by molar-refractivity contribution is 1.73. The number of hydrogen-bond acceptors (Lipinski definition) is 0. The van der Waals surface area contributed by atoms with Crippen LogP contribution in [0.15, 0.2) is 133 Å². The summed E-state index contributed by atoms with van der Waals surface area (Å²) in [7, 11) is 0. The van der Waals surface area contributed by atoms with Crippen molar-refractivity contribution in [2.24, 2.45) is 0 Å². The van der Waals surface area contributed by atoms with Gasteiger partial charge in [-0.2, -0.15) is 0 Å². The smallest absolute Gasteiger partial charge is 0.00137 e. The van der Waals surface area contributed by atoms with Gasteiger partial charge in [0.05, 0.1) is 0 Å². The lowest BCUT2D eigenvalue weighted by Crippen LogP contribution is -1.91. The van der Waals surface area contributed by atoms with Crippen molar-refractivity contribution in [2.75, 3.05) is 0 Å². The summed E-state index contributed by atoms with van der Waals surface area (Å²) in [5, 5.41) is 15.6. The molecular weight excluding hydrogens is 432 g/mol. The molecule has 0 bridgehead atoms. The molecule has 0 aliphatic carbocycles. The van der Waals surface area contributed by atoms with Crippen LogP contribution in [0.3, 0.4) is 0 Å². The zero-order valence-corrected chi connectivity index (χ0v) is 19.7. The van der Waals surface area contributed by atoms with Gasteiger partial charge in [-0.25, -0.2) is 0 Å². The van der Waals surface area contributed by atoms with E-state index in [0.717, 1.165) is 0 Å². The molecule has 0 N–H and O–H groups in total. The second-order valence-corrected chi connectivity index (χ2v) is 9.68. The van der Waals surface area contributed by atoms with E-state index in [1.807, 2.05) is 0 Å². The summed E-state index contributed by atoms with van der Waals surface area (Å²) in [4.78, 5) is 0. The van der Waals surface area contributed by atoms with Gasteiger partial charge in [-0.1, -0.05) is 121 Å². The van der Waals surface area contributed by atoms with Crippen molar-refractivity contribution in [3.05, 3.63) is 133 Å². The van der Waals surface area contributed by atoms with E-state index >= 15 is 0 Å². The predicted molar refractivity (Wildman–Crippen MR) is 157 cm³/mol. The molecule has 8 aromatic carbocycles. The summed E-state index contributed by atoms with van der Waals surface area (Å²) in [6.45, 7) is 0. The zero-order chi connectivity index (χ0) is 23.6. The number of fused-ring (bicyclic) bond motifs is 10. The molecule has 0 aliphatic heterocycles. The molecular formula is C36H22. The third kappa shape index (κ3) is 2.64. The first-order valence-electron chi connectivity index (χ1n) is 12.5. The van der Waals surface area contributed by atoms with Gasteiger partial charge in [0.1, 0.15) is 0 Å². The Bertz CT molecular complexity index is 2150. The number of rotatable bonds is 1. The minimum Gasteiger partial charge on any atom is -0.0616 e. The zero-order valence-electron chi connectivity index (χ0n) is 19.7. The SMILES string of the molecule is c1ccc2c(-c3cc4ccccc4c4ccccc34)c3c4ccccc4c4ccccc4c3cc2c1. The Morgan fingerprint density at radius 3 is 1.36 bits per heavy atom. The van der Waals surface area contributed by atoms with Crippen molar-refractivity contribution in [3.8, 4) is 11.1 Å². The van der Waals surface area contributed by atoms with Crippen molar-refractivity contribution in [2.45, 2.75) is 0 Å². The number of benzene rings is 8. The van der Waals surface area contributed by atoms with Crippen molar-refractivity contribution in [3.63, 3.8) is 0 Å². The molecule has 0 aliphatic rings. The fourth-order valence-corrected chi connectivity index (χ4v) is 6.27. The van der Waals surface area contributed by atoms with E-state index in [4.69, 9.17) is 0 Å². The second kappa shape index (κ2) is 7.41. The van der Waals surface area contributed by atoms with Crippen LogP contribution >= 0.6 is 0 Å². The molecule has 0 fully saturated rings. The summed E-state index contributed by atoms with van der Waals surface area (Å²) in [5.41, 5.74) is 2.62. The molecule has 0 atom stereocenters. The van der Waals surface area contributed by atoms with Gasteiger partial charge in [-0.15, -0.1) is 0 Å². The van der Waals surface area contributed by atoms with Crippen LogP contribution in [0.1, 0.15) is 0 Å². The first-order chi connectivity index (χ1) is 17.9. The fraction of sp³-hybridized carbons (Fsp3) is 0. The molecule has 0 radical (unpaired) electrons. The largest absolute Gasteiger partial charge is 0.0616 e. The van der Waals surface area contributed by atoms with Crippen molar-refractivity contribution in [1.82, 2.24) is 0 Å². The van der Waals surface area contributed by atoms with E-state index < -0.39 is 0 Å². The van der Waals surface area contributed by atoms with Crippen LogP contribution in [-0.4, -0.2) is 0 Å². The van der Waals surface area contributed by atoms with Gasteiger partial charge >= 0.3 is 0 Å². The summed E-state index contributed by atoms with van der Waals surface area (Å²) in [5.74, 6) is 0. The quantitative estimate of drug-likeness (QED) is 0.171. The van der Waals surface area contributed by atoms with Crippen LogP contribution < -0.4 is 0 Å². The van der Waals surface area contributed by atoms with Crippen molar-refractivity contribution < 1.29 is 0 Å². The van der Waals surface area contributed by atoms with E-state index in [-0.39, 0.29) is 0 Å². The summed E-state index contributed by atoms with van der Waals surface area (Å²) in [6.07, 6.45) is 0. The molecule has 0 heterocycles. The normalized spacial score (nSPS) is 11.9. The second-order valence-electron chi connectivity index (χ2n) is 9.68. The van der Waals surface area contributed by atoms with E-state index in [2.05, 4.69) is 133 Å². The van der Waals surface area contributed by atoms with Gasteiger partial charge in [-0.3, -0.25) is 0 Å².